The maximum atomic E-state index is 11.9. The van der Waals surface area contributed by atoms with Gasteiger partial charge in [-0.25, -0.2) is 4.79 Å². The first-order valence-corrected chi connectivity index (χ1v) is 5.46. The van der Waals surface area contributed by atoms with Gasteiger partial charge in [-0.1, -0.05) is 6.92 Å². The Morgan fingerprint density at radius 1 is 1.39 bits per heavy atom. The number of aliphatic carboxylic acids is 1. The van der Waals surface area contributed by atoms with Crippen LogP contribution >= 0.6 is 0 Å². The van der Waals surface area contributed by atoms with Gasteiger partial charge in [-0.3, -0.25) is 4.79 Å². The fraction of sp³-hybridized carbons (Fsp3) is 0.273. The van der Waals surface area contributed by atoms with Gasteiger partial charge in [-0.2, -0.15) is 15.4 Å². The minimum atomic E-state index is -1.05. The maximum Gasteiger partial charge on any atom is 0.326 e. The number of aromatic amines is 1. The molecule has 0 saturated heterocycles. The second-order valence-corrected chi connectivity index (χ2v) is 3.80. The van der Waals surface area contributed by atoms with E-state index in [1.807, 2.05) is 0 Å². The zero-order valence-corrected chi connectivity index (χ0v) is 9.67. The monoisotopic (exact) mass is 248 g/mol. The highest BCUT2D eigenvalue weighted by molar-refractivity contribution is 5.98. The van der Waals surface area contributed by atoms with Crippen LogP contribution in [-0.4, -0.2) is 38.4 Å². The SMILES string of the molecule is CC[C@@H](NC(=O)c1ccc2n[nH]nc2c1)C(=O)O. The minimum Gasteiger partial charge on any atom is -0.480 e. The average molecular weight is 248 g/mol. The molecule has 0 saturated carbocycles. The molecule has 1 aromatic carbocycles. The molecule has 94 valence electrons. The Morgan fingerprint density at radius 2 is 2.11 bits per heavy atom. The molecule has 2 aromatic rings. The summed E-state index contributed by atoms with van der Waals surface area (Å²) < 4.78 is 0. The number of carboxylic acid groups (broad SMARTS) is 1. The molecular weight excluding hydrogens is 236 g/mol. The highest BCUT2D eigenvalue weighted by atomic mass is 16.4. The molecule has 7 heteroatoms. The van der Waals surface area contributed by atoms with Crippen molar-refractivity contribution in [1.82, 2.24) is 20.7 Å². The third kappa shape index (κ3) is 2.29. The van der Waals surface area contributed by atoms with E-state index in [0.717, 1.165) is 0 Å². The van der Waals surface area contributed by atoms with Crippen LogP contribution in [0.25, 0.3) is 11.0 Å². The number of rotatable bonds is 4. The highest BCUT2D eigenvalue weighted by Gasteiger charge is 2.18. The normalized spacial score (nSPS) is 12.3. The summed E-state index contributed by atoms with van der Waals surface area (Å²) in [5.41, 5.74) is 1.57. The predicted octanol–water partition coefficient (Wildman–Crippen LogP) is 0.551. The lowest BCUT2D eigenvalue weighted by Crippen LogP contribution is -2.40. The number of benzene rings is 1. The standard InChI is InChI=1S/C11H12N4O3/c1-2-7(11(17)18)12-10(16)6-3-4-8-9(5-6)14-15-13-8/h3-5,7H,2H2,1H3,(H,12,16)(H,17,18)(H,13,14,15)/t7-/m1/s1. The summed E-state index contributed by atoms with van der Waals surface area (Å²) in [4.78, 5) is 22.7. The lowest BCUT2D eigenvalue weighted by molar-refractivity contribution is -0.139. The van der Waals surface area contributed by atoms with E-state index in [1.54, 1.807) is 25.1 Å². The van der Waals surface area contributed by atoms with Crippen molar-refractivity contribution in [2.75, 3.05) is 0 Å². The summed E-state index contributed by atoms with van der Waals surface area (Å²) in [5, 5.41) is 21.5. The van der Waals surface area contributed by atoms with Crippen molar-refractivity contribution in [1.29, 1.82) is 0 Å². The Labute approximate surface area is 102 Å². The number of carbonyl (C=O) groups is 2. The summed E-state index contributed by atoms with van der Waals surface area (Å²) in [5.74, 6) is -1.48. The molecule has 1 amide bonds. The molecule has 0 spiro atoms. The van der Waals surface area contributed by atoms with E-state index in [1.165, 1.54) is 0 Å². The number of hydrogen-bond donors (Lipinski definition) is 3. The summed E-state index contributed by atoms with van der Waals surface area (Å²) >= 11 is 0. The number of amides is 1. The number of fused-ring (bicyclic) bond motifs is 1. The number of aromatic nitrogens is 3. The quantitative estimate of drug-likeness (QED) is 0.732. The first-order valence-electron chi connectivity index (χ1n) is 5.46. The van der Waals surface area contributed by atoms with Crippen molar-refractivity contribution in [2.24, 2.45) is 0 Å². The number of hydrogen-bond acceptors (Lipinski definition) is 4. The second-order valence-electron chi connectivity index (χ2n) is 3.80. The summed E-state index contributed by atoms with van der Waals surface area (Å²) in [6, 6.07) is 3.90. The van der Waals surface area contributed by atoms with Crippen molar-refractivity contribution in [3.05, 3.63) is 23.8 Å². The van der Waals surface area contributed by atoms with Crippen molar-refractivity contribution in [3.63, 3.8) is 0 Å². The summed E-state index contributed by atoms with van der Waals surface area (Å²) in [6.07, 6.45) is 0.327. The Balaban J connectivity index is 2.19. The van der Waals surface area contributed by atoms with Crippen LogP contribution < -0.4 is 5.32 Å². The van der Waals surface area contributed by atoms with Gasteiger partial charge in [-0.15, -0.1) is 0 Å². The molecule has 0 aliphatic carbocycles. The van der Waals surface area contributed by atoms with Gasteiger partial charge in [0.2, 0.25) is 0 Å². The van der Waals surface area contributed by atoms with Gasteiger partial charge in [0, 0.05) is 5.56 Å². The number of carboxylic acids is 1. The smallest absolute Gasteiger partial charge is 0.326 e. The van der Waals surface area contributed by atoms with Crippen LogP contribution in [0, 0.1) is 0 Å². The number of nitrogens with one attached hydrogen (secondary N) is 2. The Kier molecular flexibility index (Phi) is 3.22. The molecule has 1 heterocycles. The van der Waals surface area contributed by atoms with Crippen molar-refractivity contribution in [3.8, 4) is 0 Å². The van der Waals surface area contributed by atoms with Crippen molar-refractivity contribution >= 4 is 22.9 Å². The molecule has 3 N–H and O–H groups in total. The van der Waals surface area contributed by atoms with E-state index >= 15 is 0 Å². The molecule has 0 fully saturated rings. The van der Waals surface area contributed by atoms with Gasteiger partial charge in [0.1, 0.15) is 17.1 Å². The molecular formula is C11H12N4O3. The molecule has 7 nitrogen and oxygen atoms in total. The first-order chi connectivity index (χ1) is 8.61. The number of carbonyl (C=O) groups excluding carboxylic acids is 1. The van der Waals surface area contributed by atoms with Gasteiger partial charge in [-0.05, 0) is 24.6 Å². The average Bonchev–Trinajstić information content (AvgIpc) is 2.82. The Bertz CT molecular complexity index is 593. The van der Waals surface area contributed by atoms with Gasteiger partial charge >= 0.3 is 5.97 Å². The molecule has 1 aromatic heterocycles. The van der Waals surface area contributed by atoms with Crippen molar-refractivity contribution in [2.45, 2.75) is 19.4 Å². The van der Waals surface area contributed by atoms with E-state index in [-0.39, 0.29) is 0 Å². The fourth-order valence-electron chi connectivity index (χ4n) is 1.56. The number of H-pyrrole nitrogens is 1. The lowest BCUT2D eigenvalue weighted by Gasteiger charge is -2.11. The van der Waals surface area contributed by atoms with Crippen LogP contribution in [0.1, 0.15) is 23.7 Å². The summed E-state index contributed by atoms with van der Waals surface area (Å²) in [6.45, 7) is 1.69. The van der Waals surface area contributed by atoms with Crippen LogP contribution in [0.4, 0.5) is 0 Å². The Hall–Kier alpha value is -2.44. The zero-order valence-electron chi connectivity index (χ0n) is 9.67. The zero-order chi connectivity index (χ0) is 13.1. The van der Waals surface area contributed by atoms with Gasteiger partial charge in [0.05, 0.1) is 0 Å². The van der Waals surface area contributed by atoms with E-state index in [4.69, 9.17) is 5.11 Å². The second kappa shape index (κ2) is 4.82. The van der Waals surface area contributed by atoms with E-state index in [0.29, 0.717) is 23.0 Å². The third-order valence-electron chi connectivity index (χ3n) is 2.59. The van der Waals surface area contributed by atoms with E-state index in [9.17, 15) is 9.59 Å². The number of nitrogens with zero attached hydrogens (tertiary/aromatic N) is 2. The molecule has 0 unspecified atom stereocenters. The molecule has 0 bridgehead atoms. The highest BCUT2D eigenvalue weighted by Crippen LogP contribution is 2.10. The summed E-state index contributed by atoms with van der Waals surface area (Å²) in [7, 11) is 0. The van der Waals surface area contributed by atoms with Crippen LogP contribution in [0.2, 0.25) is 0 Å². The van der Waals surface area contributed by atoms with Crippen LogP contribution in [0.15, 0.2) is 18.2 Å². The van der Waals surface area contributed by atoms with Crippen LogP contribution in [0.5, 0.6) is 0 Å². The van der Waals surface area contributed by atoms with Crippen LogP contribution in [0.3, 0.4) is 0 Å². The molecule has 1 atom stereocenters. The van der Waals surface area contributed by atoms with E-state index in [2.05, 4.69) is 20.7 Å². The van der Waals surface area contributed by atoms with E-state index < -0.39 is 17.9 Å². The largest absolute Gasteiger partial charge is 0.480 e. The lowest BCUT2D eigenvalue weighted by atomic mass is 10.1. The topological polar surface area (TPSA) is 108 Å². The molecule has 2 rings (SSSR count). The van der Waals surface area contributed by atoms with Gasteiger partial charge in [0.25, 0.3) is 5.91 Å². The third-order valence-corrected chi connectivity index (χ3v) is 2.59. The molecule has 0 aliphatic heterocycles. The van der Waals surface area contributed by atoms with Crippen LogP contribution in [-0.2, 0) is 4.79 Å². The van der Waals surface area contributed by atoms with Crippen molar-refractivity contribution < 1.29 is 14.7 Å². The van der Waals surface area contributed by atoms with Gasteiger partial charge < -0.3 is 10.4 Å². The molecule has 0 radical (unpaired) electrons. The van der Waals surface area contributed by atoms with Gasteiger partial charge in [0.15, 0.2) is 0 Å². The molecule has 0 aliphatic rings. The predicted molar refractivity (Wildman–Crippen MR) is 63.1 cm³/mol. The fourth-order valence-corrected chi connectivity index (χ4v) is 1.56. The Morgan fingerprint density at radius 3 is 2.78 bits per heavy atom. The maximum absolute atomic E-state index is 11.9. The first kappa shape index (κ1) is 12.0. The molecule has 18 heavy (non-hydrogen) atoms. The minimum absolute atomic E-state index is 0.327.